The zero-order valence-electron chi connectivity index (χ0n) is 7.38. The maximum atomic E-state index is 3.96. The lowest BCUT2D eigenvalue weighted by atomic mass is 10.00. The molecule has 1 nitrogen and oxygen atoms in total. The Morgan fingerprint density at radius 1 is 1.50 bits per heavy atom. The summed E-state index contributed by atoms with van der Waals surface area (Å²) >= 11 is 0. The van der Waals surface area contributed by atoms with Gasteiger partial charge in [0, 0.05) is 6.42 Å². The fourth-order valence-electron chi connectivity index (χ4n) is 1.16. The van der Waals surface area contributed by atoms with Gasteiger partial charge in [0.1, 0.15) is 0 Å². The van der Waals surface area contributed by atoms with Crippen LogP contribution in [0.15, 0.2) is 52.7 Å². The van der Waals surface area contributed by atoms with E-state index in [1.54, 1.807) is 0 Å². The monoisotopic (exact) mass is 159 g/mol. The molecule has 0 aromatic rings. The Morgan fingerprint density at radius 3 is 2.83 bits per heavy atom. The van der Waals surface area contributed by atoms with Crippen LogP contribution in [0, 0.1) is 0 Å². The number of rotatable bonds is 2. The number of allylic oxidation sites excluding steroid dienone is 6. The van der Waals surface area contributed by atoms with Crippen LogP contribution in [-0.4, -0.2) is 6.72 Å². The van der Waals surface area contributed by atoms with Crippen molar-refractivity contribution in [3.05, 3.63) is 47.7 Å². The molecule has 0 aromatic carbocycles. The van der Waals surface area contributed by atoms with E-state index in [2.05, 4.69) is 18.3 Å². The highest BCUT2D eigenvalue weighted by molar-refractivity contribution is 5.47. The second kappa shape index (κ2) is 3.86. The molecule has 0 saturated heterocycles. The molecule has 1 aliphatic rings. The second-order valence-corrected chi connectivity index (χ2v) is 2.73. The maximum Gasteiger partial charge on any atom is 0.0512 e. The van der Waals surface area contributed by atoms with E-state index in [0.717, 1.165) is 23.3 Å². The molecule has 0 bridgehead atoms. The summed E-state index contributed by atoms with van der Waals surface area (Å²) in [7, 11) is 0. The van der Waals surface area contributed by atoms with Gasteiger partial charge in [-0.1, -0.05) is 30.9 Å². The van der Waals surface area contributed by atoms with E-state index >= 15 is 0 Å². The standard InChI is InChI=1S/C11H13N/c1-4-5-10-7-6-9(2)8-11(10)12-3/h4-7H,2-3,8H2,1H3/b5-4-. The molecule has 0 fully saturated rings. The van der Waals surface area contributed by atoms with Crippen molar-refractivity contribution in [1.29, 1.82) is 0 Å². The second-order valence-electron chi connectivity index (χ2n) is 2.73. The Morgan fingerprint density at radius 2 is 2.25 bits per heavy atom. The van der Waals surface area contributed by atoms with Crippen LogP contribution in [0.1, 0.15) is 13.3 Å². The summed E-state index contributed by atoms with van der Waals surface area (Å²) < 4.78 is 0. The van der Waals surface area contributed by atoms with Crippen LogP contribution in [0.3, 0.4) is 0 Å². The molecular formula is C11H13N. The molecule has 0 saturated carbocycles. The van der Waals surface area contributed by atoms with Gasteiger partial charge in [0.25, 0.3) is 0 Å². The minimum Gasteiger partial charge on any atom is -0.268 e. The smallest absolute Gasteiger partial charge is 0.0512 e. The molecule has 0 N–H and O–H groups in total. The first-order valence-electron chi connectivity index (χ1n) is 3.96. The fraction of sp³-hybridized carbons (Fsp3) is 0.182. The van der Waals surface area contributed by atoms with E-state index in [0.29, 0.717) is 0 Å². The molecule has 1 rings (SSSR count). The van der Waals surface area contributed by atoms with Gasteiger partial charge in [0.15, 0.2) is 0 Å². The van der Waals surface area contributed by atoms with Crippen molar-refractivity contribution in [2.24, 2.45) is 4.99 Å². The molecule has 1 aliphatic carbocycles. The lowest BCUT2D eigenvalue weighted by molar-refractivity contribution is 1.09. The Balaban J connectivity index is 3.00. The van der Waals surface area contributed by atoms with Gasteiger partial charge in [0.05, 0.1) is 5.70 Å². The van der Waals surface area contributed by atoms with Gasteiger partial charge in [-0.05, 0) is 24.8 Å². The maximum absolute atomic E-state index is 3.96. The predicted octanol–water partition coefficient (Wildman–Crippen LogP) is 3.03. The van der Waals surface area contributed by atoms with Crippen molar-refractivity contribution in [3.8, 4) is 0 Å². The van der Waals surface area contributed by atoms with Crippen LogP contribution in [-0.2, 0) is 0 Å². The topological polar surface area (TPSA) is 12.4 Å². The van der Waals surface area contributed by atoms with E-state index in [1.807, 2.05) is 31.2 Å². The van der Waals surface area contributed by atoms with Crippen LogP contribution in [0.4, 0.5) is 0 Å². The molecule has 0 aromatic heterocycles. The summed E-state index contributed by atoms with van der Waals surface area (Å²) in [6.45, 7) is 9.40. The minimum atomic E-state index is 0.819. The Kier molecular flexibility index (Phi) is 2.81. The molecule has 0 heterocycles. The fourth-order valence-corrected chi connectivity index (χ4v) is 1.16. The molecule has 1 heteroatoms. The predicted molar refractivity (Wildman–Crippen MR) is 54.3 cm³/mol. The highest BCUT2D eigenvalue weighted by Gasteiger charge is 2.05. The van der Waals surface area contributed by atoms with Crippen LogP contribution < -0.4 is 0 Å². The van der Waals surface area contributed by atoms with Gasteiger partial charge in [-0.3, -0.25) is 4.99 Å². The van der Waals surface area contributed by atoms with Crippen LogP contribution in [0.5, 0.6) is 0 Å². The van der Waals surface area contributed by atoms with E-state index < -0.39 is 0 Å². The summed E-state index contributed by atoms with van der Waals surface area (Å²) in [5.41, 5.74) is 3.24. The zero-order chi connectivity index (χ0) is 8.97. The van der Waals surface area contributed by atoms with Crippen molar-refractivity contribution in [2.45, 2.75) is 13.3 Å². The van der Waals surface area contributed by atoms with Crippen molar-refractivity contribution in [3.63, 3.8) is 0 Å². The number of nitrogens with zero attached hydrogens (tertiary/aromatic N) is 1. The van der Waals surface area contributed by atoms with Crippen molar-refractivity contribution in [2.75, 3.05) is 0 Å². The van der Waals surface area contributed by atoms with Crippen LogP contribution in [0.2, 0.25) is 0 Å². The molecule has 0 amide bonds. The van der Waals surface area contributed by atoms with Crippen molar-refractivity contribution < 1.29 is 0 Å². The van der Waals surface area contributed by atoms with E-state index in [-0.39, 0.29) is 0 Å². The first-order chi connectivity index (χ1) is 5.77. The summed E-state index contributed by atoms with van der Waals surface area (Å²) in [6, 6.07) is 0. The van der Waals surface area contributed by atoms with E-state index in [1.165, 1.54) is 0 Å². The Bertz CT molecular complexity index is 290. The quantitative estimate of drug-likeness (QED) is 0.549. The van der Waals surface area contributed by atoms with E-state index in [4.69, 9.17) is 0 Å². The van der Waals surface area contributed by atoms with Gasteiger partial charge >= 0.3 is 0 Å². The molecule has 0 spiro atoms. The SMILES string of the molecule is C=NC1=C(/C=C\C)C=CC(=C)C1. The highest BCUT2D eigenvalue weighted by atomic mass is 14.7. The average molecular weight is 159 g/mol. The third-order valence-corrected chi connectivity index (χ3v) is 1.76. The summed E-state index contributed by atoms with van der Waals surface area (Å²) in [6.07, 6.45) is 8.89. The number of aliphatic imine (C=N–C) groups is 1. The first-order valence-corrected chi connectivity index (χ1v) is 3.96. The normalized spacial score (nSPS) is 17.6. The lowest BCUT2D eigenvalue weighted by Crippen LogP contribution is -1.92. The van der Waals surface area contributed by atoms with Gasteiger partial charge in [-0.15, -0.1) is 0 Å². The Labute approximate surface area is 73.5 Å². The molecule has 0 atom stereocenters. The van der Waals surface area contributed by atoms with Crippen molar-refractivity contribution in [1.82, 2.24) is 0 Å². The molecule has 12 heavy (non-hydrogen) atoms. The van der Waals surface area contributed by atoms with Crippen LogP contribution >= 0.6 is 0 Å². The molecule has 0 radical (unpaired) electrons. The van der Waals surface area contributed by atoms with Gasteiger partial charge < -0.3 is 0 Å². The highest BCUT2D eigenvalue weighted by Crippen LogP contribution is 2.23. The first kappa shape index (κ1) is 8.72. The number of hydrogen-bond acceptors (Lipinski definition) is 1. The third-order valence-electron chi connectivity index (χ3n) is 1.76. The zero-order valence-corrected chi connectivity index (χ0v) is 7.38. The molecule has 0 aliphatic heterocycles. The van der Waals surface area contributed by atoms with Gasteiger partial charge in [-0.25, -0.2) is 0 Å². The molecular weight excluding hydrogens is 146 g/mol. The van der Waals surface area contributed by atoms with E-state index in [9.17, 15) is 0 Å². The average Bonchev–Trinajstić information content (AvgIpc) is 2.08. The van der Waals surface area contributed by atoms with Crippen LogP contribution in [0.25, 0.3) is 0 Å². The summed E-state index contributed by atoms with van der Waals surface area (Å²) in [4.78, 5) is 3.96. The summed E-state index contributed by atoms with van der Waals surface area (Å²) in [5.74, 6) is 0. The largest absolute Gasteiger partial charge is 0.268 e. The van der Waals surface area contributed by atoms with Crippen molar-refractivity contribution >= 4 is 6.72 Å². The molecule has 62 valence electrons. The van der Waals surface area contributed by atoms with Gasteiger partial charge in [0.2, 0.25) is 0 Å². The number of hydrogen-bond donors (Lipinski definition) is 0. The lowest BCUT2D eigenvalue weighted by Gasteiger charge is -2.10. The third kappa shape index (κ3) is 1.82. The summed E-state index contributed by atoms with van der Waals surface area (Å²) in [5, 5.41) is 0. The van der Waals surface area contributed by atoms with Gasteiger partial charge in [-0.2, -0.15) is 0 Å². The minimum absolute atomic E-state index is 0.819. The molecule has 0 unspecified atom stereocenters. The Hall–Kier alpha value is -1.37.